The van der Waals surface area contributed by atoms with Crippen molar-refractivity contribution >= 4 is 22.9 Å². The first-order valence-corrected chi connectivity index (χ1v) is 6.99. The Hall–Kier alpha value is -0.750. The minimum Gasteiger partial charge on any atom is -0.354 e. The Morgan fingerprint density at radius 2 is 2.24 bits per heavy atom. The maximum atomic E-state index is 11.8. The van der Waals surface area contributed by atoms with Crippen LogP contribution in [0.5, 0.6) is 0 Å². The number of thioether (sulfide) groups is 1. The quantitative estimate of drug-likeness (QED) is 0.681. The van der Waals surface area contributed by atoms with Crippen LogP contribution < -0.4 is 16.0 Å². The van der Waals surface area contributed by atoms with Crippen molar-refractivity contribution in [1.29, 1.82) is 0 Å². The fourth-order valence-electron chi connectivity index (χ4n) is 2.16. The van der Waals surface area contributed by atoms with Gasteiger partial charge in [0.15, 0.2) is 0 Å². The van der Waals surface area contributed by atoms with Crippen LogP contribution in [-0.2, 0) is 4.79 Å². The molecule has 0 saturated carbocycles. The zero-order valence-corrected chi connectivity index (χ0v) is 10.9. The summed E-state index contributed by atoms with van der Waals surface area (Å²) in [6.45, 7) is 4.94. The van der Waals surface area contributed by atoms with E-state index >= 15 is 0 Å². The van der Waals surface area contributed by atoms with Gasteiger partial charge >= 0.3 is 0 Å². The second-order valence-corrected chi connectivity index (χ2v) is 6.07. The van der Waals surface area contributed by atoms with Crippen LogP contribution >= 0.6 is 11.8 Å². The predicted octanol–water partition coefficient (Wildman–Crippen LogP) is 0.317. The van der Waals surface area contributed by atoms with Crippen molar-refractivity contribution in [2.24, 2.45) is 5.41 Å². The summed E-state index contributed by atoms with van der Waals surface area (Å²) in [5, 5.41) is 8.83. The molecule has 0 aromatic heterocycles. The molecule has 0 spiro atoms. The predicted molar refractivity (Wildman–Crippen MR) is 68.0 cm³/mol. The monoisotopic (exact) mass is 257 g/mol. The van der Waals surface area contributed by atoms with Crippen molar-refractivity contribution in [2.75, 3.05) is 25.4 Å². The molecule has 2 heterocycles. The second-order valence-electron chi connectivity index (χ2n) is 5.07. The lowest BCUT2D eigenvalue weighted by Gasteiger charge is -2.34. The van der Waals surface area contributed by atoms with Crippen molar-refractivity contribution in [3.63, 3.8) is 0 Å². The lowest BCUT2D eigenvalue weighted by molar-refractivity contribution is -0.122. The maximum Gasteiger partial charge on any atom is 0.279 e. The highest BCUT2D eigenvalue weighted by Gasteiger charge is 2.31. The van der Waals surface area contributed by atoms with Gasteiger partial charge in [-0.3, -0.25) is 9.59 Å². The minimum absolute atomic E-state index is 0.0527. The molecule has 0 unspecified atom stereocenters. The molecular weight excluding hydrogens is 238 g/mol. The van der Waals surface area contributed by atoms with Crippen LogP contribution in [0.2, 0.25) is 0 Å². The largest absolute Gasteiger partial charge is 0.354 e. The first-order valence-electron chi connectivity index (χ1n) is 6.01. The van der Waals surface area contributed by atoms with E-state index in [2.05, 4.69) is 22.9 Å². The molecule has 2 aliphatic heterocycles. The van der Waals surface area contributed by atoms with Crippen LogP contribution in [0.25, 0.3) is 0 Å². The lowest BCUT2D eigenvalue weighted by atomic mass is 9.81. The summed E-state index contributed by atoms with van der Waals surface area (Å²) in [6.07, 6.45) is 2.16. The third-order valence-corrected chi connectivity index (χ3v) is 4.37. The van der Waals surface area contributed by atoms with Crippen LogP contribution in [0.3, 0.4) is 0 Å². The number of amides is 2. The van der Waals surface area contributed by atoms with Crippen LogP contribution in [0.4, 0.5) is 4.79 Å². The third-order valence-electron chi connectivity index (χ3n) is 3.49. The molecule has 0 aliphatic carbocycles. The number of piperidine rings is 1. The van der Waals surface area contributed by atoms with E-state index in [1.807, 2.05) is 0 Å². The molecule has 2 aliphatic rings. The molecule has 0 aromatic rings. The first-order chi connectivity index (χ1) is 8.09. The van der Waals surface area contributed by atoms with Gasteiger partial charge in [0.1, 0.15) is 6.04 Å². The average molecular weight is 257 g/mol. The van der Waals surface area contributed by atoms with Gasteiger partial charge in [0, 0.05) is 12.3 Å². The normalized spacial score (nSPS) is 27.6. The van der Waals surface area contributed by atoms with E-state index in [9.17, 15) is 9.59 Å². The van der Waals surface area contributed by atoms with Crippen molar-refractivity contribution < 1.29 is 9.59 Å². The van der Waals surface area contributed by atoms with E-state index in [0.29, 0.717) is 12.3 Å². The molecule has 17 heavy (non-hydrogen) atoms. The summed E-state index contributed by atoms with van der Waals surface area (Å²) < 4.78 is 0. The Morgan fingerprint density at radius 1 is 1.53 bits per heavy atom. The Balaban J connectivity index is 1.77. The topological polar surface area (TPSA) is 70.2 Å². The Bertz CT molecular complexity index is 316. The fraction of sp³-hybridized carbons (Fsp3) is 0.818. The highest BCUT2D eigenvalue weighted by Crippen LogP contribution is 2.26. The van der Waals surface area contributed by atoms with Gasteiger partial charge in [-0.2, -0.15) is 0 Å². The van der Waals surface area contributed by atoms with Crippen LogP contribution in [0, 0.1) is 5.41 Å². The highest BCUT2D eigenvalue weighted by atomic mass is 32.2. The van der Waals surface area contributed by atoms with E-state index in [4.69, 9.17) is 0 Å². The maximum absolute atomic E-state index is 11.8. The molecule has 0 aromatic carbocycles. The Kier molecular flexibility index (Phi) is 3.93. The summed E-state index contributed by atoms with van der Waals surface area (Å²) >= 11 is 1.17. The van der Waals surface area contributed by atoms with Gasteiger partial charge in [-0.1, -0.05) is 18.7 Å². The summed E-state index contributed by atoms with van der Waals surface area (Å²) in [6, 6.07) is -0.349. The molecule has 2 saturated heterocycles. The standard InChI is InChI=1S/C11H19N3O2S/c1-11(2-4-12-5-3-11)7-13-9(15)8-6-17-10(16)14-8/h8,12H,2-7H2,1H3,(H,13,15)(H,14,16)/t8-/m0/s1. The zero-order chi connectivity index (χ0) is 12.3. The van der Waals surface area contributed by atoms with E-state index in [1.54, 1.807) is 0 Å². The fourth-order valence-corrected chi connectivity index (χ4v) is 2.93. The molecule has 5 nitrogen and oxygen atoms in total. The van der Waals surface area contributed by atoms with Crippen LogP contribution in [0.15, 0.2) is 0 Å². The van der Waals surface area contributed by atoms with Crippen molar-refractivity contribution in [3.8, 4) is 0 Å². The molecule has 6 heteroatoms. The average Bonchev–Trinajstić information content (AvgIpc) is 2.74. The SMILES string of the molecule is CC1(CNC(=O)[C@@H]2CSC(=O)N2)CCNCC1. The number of carbonyl (C=O) groups is 2. The van der Waals surface area contributed by atoms with Crippen LogP contribution in [0.1, 0.15) is 19.8 Å². The van der Waals surface area contributed by atoms with E-state index in [0.717, 1.165) is 25.9 Å². The number of rotatable bonds is 3. The van der Waals surface area contributed by atoms with Gasteiger partial charge in [-0.05, 0) is 31.3 Å². The summed E-state index contributed by atoms with van der Waals surface area (Å²) in [7, 11) is 0. The van der Waals surface area contributed by atoms with Gasteiger partial charge in [-0.15, -0.1) is 0 Å². The molecule has 3 N–H and O–H groups in total. The lowest BCUT2D eigenvalue weighted by Crippen LogP contribution is -2.48. The van der Waals surface area contributed by atoms with Crippen molar-refractivity contribution in [3.05, 3.63) is 0 Å². The minimum atomic E-state index is -0.349. The molecular formula is C11H19N3O2S. The van der Waals surface area contributed by atoms with Crippen LogP contribution in [-0.4, -0.2) is 42.6 Å². The molecule has 1 atom stereocenters. The third kappa shape index (κ3) is 3.35. The van der Waals surface area contributed by atoms with E-state index in [-0.39, 0.29) is 22.6 Å². The molecule has 0 radical (unpaired) electrons. The zero-order valence-electron chi connectivity index (χ0n) is 10.0. The summed E-state index contributed by atoms with van der Waals surface area (Å²) in [5.74, 6) is 0.492. The highest BCUT2D eigenvalue weighted by molar-refractivity contribution is 8.14. The molecule has 2 fully saturated rings. The Morgan fingerprint density at radius 3 is 2.82 bits per heavy atom. The summed E-state index contributed by atoms with van der Waals surface area (Å²) in [5.41, 5.74) is 0.191. The van der Waals surface area contributed by atoms with Gasteiger partial charge in [0.05, 0.1) is 0 Å². The van der Waals surface area contributed by atoms with Crippen molar-refractivity contribution in [1.82, 2.24) is 16.0 Å². The van der Waals surface area contributed by atoms with Gasteiger partial charge in [-0.25, -0.2) is 0 Å². The molecule has 2 amide bonds. The Labute approximate surface area is 105 Å². The number of hydrogen-bond acceptors (Lipinski definition) is 4. The molecule has 96 valence electrons. The van der Waals surface area contributed by atoms with E-state index in [1.165, 1.54) is 11.8 Å². The molecule has 0 bridgehead atoms. The van der Waals surface area contributed by atoms with Gasteiger partial charge < -0.3 is 16.0 Å². The van der Waals surface area contributed by atoms with E-state index < -0.39 is 0 Å². The number of carbonyl (C=O) groups excluding carboxylic acids is 2. The van der Waals surface area contributed by atoms with Gasteiger partial charge in [0.2, 0.25) is 5.91 Å². The first kappa shape index (κ1) is 12.7. The number of hydrogen-bond donors (Lipinski definition) is 3. The summed E-state index contributed by atoms with van der Waals surface area (Å²) in [4.78, 5) is 22.8. The smallest absolute Gasteiger partial charge is 0.279 e. The second kappa shape index (κ2) is 5.27. The molecule has 2 rings (SSSR count). The van der Waals surface area contributed by atoms with Gasteiger partial charge in [0.25, 0.3) is 5.24 Å². The number of nitrogens with one attached hydrogen (secondary N) is 3. The van der Waals surface area contributed by atoms with Crippen molar-refractivity contribution in [2.45, 2.75) is 25.8 Å².